The van der Waals surface area contributed by atoms with Crippen LogP contribution < -0.4 is 0 Å². The Balaban J connectivity index is 3.40. The molecule has 0 saturated carbocycles. The first-order chi connectivity index (χ1) is 7.27. The fourth-order valence-corrected chi connectivity index (χ4v) is 1.17. The summed E-state index contributed by atoms with van der Waals surface area (Å²) >= 11 is 5.12. The zero-order valence-electron chi connectivity index (χ0n) is 7.45. The number of rotatable bonds is 2. The van der Waals surface area contributed by atoms with E-state index in [1.54, 1.807) is 0 Å². The minimum Gasteiger partial charge on any atom is -0.244 e. The van der Waals surface area contributed by atoms with Crippen molar-refractivity contribution in [3.8, 4) is 0 Å². The second kappa shape index (κ2) is 4.48. The second-order valence-electron chi connectivity index (χ2n) is 2.79. The Bertz CT molecular complexity index is 389. The maximum Gasteiger partial charge on any atom is 0.433 e. The number of aromatic nitrogens is 1. The number of nitrogens with zero attached hydrogens (tertiary/aromatic N) is 1. The minimum atomic E-state index is -4.92. The quantitative estimate of drug-likeness (QED) is 0.582. The number of pyridine rings is 1. The summed E-state index contributed by atoms with van der Waals surface area (Å²) in [6, 6.07) is -0.0178. The molecule has 0 saturated heterocycles. The van der Waals surface area contributed by atoms with Crippen LogP contribution in [0.1, 0.15) is 23.4 Å². The lowest BCUT2D eigenvalue weighted by Crippen LogP contribution is -2.12. The molecule has 0 aliphatic carbocycles. The SMILES string of the molecule is Fc1c(C(F)F)cc(C(F)(F)F)nc1CCl. The van der Waals surface area contributed by atoms with Gasteiger partial charge in [0.25, 0.3) is 6.43 Å². The molecule has 0 amide bonds. The van der Waals surface area contributed by atoms with Crippen LogP contribution in [0.15, 0.2) is 6.07 Å². The molecule has 0 unspecified atom stereocenters. The topological polar surface area (TPSA) is 12.9 Å². The summed E-state index contributed by atoms with van der Waals surface area (Å²) in [5.74, 6) is -2.21. The normalized spacial score (nSPS) is 12.2. The smallest absolute Gasteiger partial charge is 0.244 e. The van der Waals surface area contributed by atoms with E-state index in [1.165, 1.54) is 0 Å². The van der Waals surface area contributed by atoms with E-state index in [-0.39, 0.29) is 6.07 Å². The molecule has 1 rings (SSSR count). The van der Waals surface area contributed by atoms with Crippen LogP contribution in [0.5, 0.6) is 0 Å². The molecule has 1 aromatic heterocycles. The highest BCUT2D eigenvalue weighted by Crippen LogP contribution is 2.33. The summed E-state index contributed by atoms with van der Waals surface area (Å²) in [4.78, 5) is 2.84. The summed E-state index contributed by atoms with van der Waals surface area (Å²) in [7, 11) is 0. The Morgan fingerprint density at radius 1 is 1.31 bits per heavy atom. The van der Waals surface area contributed by atoms with E-state index in [9.17, 15) is 26.3 Å². The Morgan fingerprint density at radius 2 is 1.88 bits per heavy atom. The van der Waals surface area contributed by atoms with Crippen LogP contribution in [-0.4, -0.2) is 4.98 Å². The van der Waals surface area contributed by atoms with Crippen molar-refractivity contribution in [3.05, 3.63) is 28.8 Å². The van der Waals surface area contributed by atoms with Gasteiger partial charge >= 0.3 is 6.18 Å². The highest BCUT2D eigenvalue weighted by molar-refractivity contribution is 6.16. The van der Waals surface area contributed by atoms with Gasteiger partial charge < -0.3 is 0 Å². The van der Waals surface area contributed by atoms with Gasteiger partial charge in [0.15, 0.2) is 5.82 Å². The van der Waals surface area contributed by atoms with Gasteiger partial charge in [0, 0.05) is 0 Å². The van der Waals surface area contributed by atoms with Crippen molar-refractivity contribution in [2.45, 2.75) is 18.5 Å². The first kappa shape index (κ1) is 13.1. The molecule has 0 fully saturated rings. The fraction of sp³-hybridized carbons (Fsp3) is 0.375. The largest absolute Gasteiger partial charge is 0.433 e. The van der Waals surface area contributed by atoms with Crippen LogP contribution in [-0.2, 0) is 12.1 Å². The molecule has 16 heavy (non-hydrogen) atoms. The lowest BCUT2D eigenvalue weighted by atomic mass is 10.2. The lowest BCUT2D eigenvalue weighted by molar-refractivity contribution is -0.141. The summed E-state index contributed by atoms with van der Waals surface area (Å²) in [5.41, 5.74) is -3.77. The van der Waals surface area contributed by atoms with Crippen molar-refractivity contribution in [2.24, 2.45) is 0 Å². The maximum atomic E-state index is 13.1. The first-order valence-corrected chi connectivity index (χ1v) is 4.41. The van der Waals surface area contributed by atoms with Crippen molar-refractivity contribution in [3.63, 3.8) is 0 Å². The zero-order chi connectivity index (χ0) is 12.5. The number of alkyl halides is 6. The number of hydrogen-bond donors (Lipinski definition) is 0. The van der Waals surface area contributed by atoms with Gasteiger partial charge in [0.1, 0.15) is 5.69 Å². The van der Waals surface area contributed by atoms with E-state index in [2.05, 4.69) is 4.98 Å². The van der Waals surface area contributed by atoms with Crippen molar-refractivity contribution < 1.29 is 26.3 Å². The molecule has 0 bridgehead atoms. The van der Waals surface area contributed by atoms with Gasteiger partial charge in [-0.3, -0.25) is 0 Å². The molecule has 8 heteroatoms. The van der Waals surface area contributed by atoms with Crippen molar-refractivity contribution >= 4 is 11.6 Å². The standard InChI is InChI=1S/C8H4ClF6N/c9-2-4-6(10)3(7(11)12)1-5(16-4)8(13,14)15/h1,7H,2H2. The van der Waals surface area contributed by atoms with Crippen molar-refractivity contribution in [1.82, 2.24) is 4.98 Å². The fourth-order valence-electron chi connectivity index (χ4n) is 0.997. The molecule has 1 nitrogen and oxygen atoms in total. The van der Waals surface area contributed by atoms with E-state index in [0.717, 1.165) is 0 Å². The van der Waals surface area contributed by atoms with Gasteiger partial charge in [-0.25, -0.2) is 18.2 Å². The Morgan fingerprint density at radius 3 is 2.25 bits per heavy atom. The summed E-state index contributed by atoms with van der Waals surface area (Å²) in [5, 5.41) is 0. The highest BCUT2D eigenvalue weighted by Gasteiger charge is 2.35. The Hall–Kier alpha value is -0.980. The number of hydrogen-bond acceptors (Lipinski definition) is 1. The van der Waals surface area contributed by atoms with Gasteiger partial charge in [-0.05, 0) is 6.07 Å². The molecule has 90 valence electrons. The third-order valence-electron chi connectivity index (χ3n) is 1.71. The molecule has 0 atom stereocenters. The molecule has 0 radical (unpaired) electrons. The van der Waals surface area contributed by atoms with Crippen LogP contribution >= 0.6 is 11.6 Å². The third kappa shape index (κ3) is 2.58. The van der Waals surface area contributed by atoms with Crippen LogP contribution in [0.3, 0.4) is 0 Å². The Kier molecular flexibility index (Phi) is 3.67. The van der Waals surface area contributed by atoms with E-state index >= 15 is 0 Å². The predicted octanol–water partition coefficient (Wildman–Crippen LogP) is 3.92. The van der Waals surface area contributed by atoms with E-state index in [4.69, 9.17) is 11.6 Å². The first-order valence-electron chi connectivity index (χ1n) is 3.88. The molecule has 0 N–H and O–H groups in total. The van der Waals surface area contributed by atoms with Gasteiger partial charge in [0.2, 0.25) is 0 Å². The van der Waals surface area contributed by atoms with Gasteiger partial charge in [-0.15, -0.1) is 11.6 Å². The van der Waals surface area contributed by atoms with Crippen molar-refractivity contribution in [2.75, 3.05) is 0 Å². The maximum absolute atomic E-state index is 13.1. The van der Waals surface area contributed by atoms with Crippen molar-refractivity contribution in [1.29, 1.82) is 0 Å². The summed E-state index contributed by atoms with van der Waals surface area (Å²) < 4.78 is 74.2. The monoisotopic (exact) mass is 263 g/mol. The van der Waals surface area contributed by atoms with E-state index < -0.39 is 41.3 Å². The van der Waals surface area contributed by atoms with Gasteiger partial charge in [0.05, 0.1) is 17.1 Å². The zero-order valence-corrected chi connectivity index (χ0v) is 8.21. The summed E-state index contributed by atoms with van der Waals surface area (Å²) in [6.45, 7) is 0. The average Bonchev–Trinajstić information content (AvgIpc) is 2.15. The van der Waals surface area contributed by atoms with E-state index in [1.807, 2.05) is 0 Å². The lowest BCUT2D eigenvalue weighted by Gasteiger charge is -2.11. The molecular weight excluding hydrogens is 260 g/mol. The molecule has 0 aromatic carbocycles. The Labute approximate surface area is 91.0 Å². The molecule has 0 spiro atoms. The number of halogens is 7. The molecule has 0 aliphatic heterocycles. The van der Waals surface area contributed by atoms with Gasteiger partial charge in [-0.2, -0.15) is 13.2 Å². The van der Waals surface area contributed by atoms with Crippen LogP contribution in [0.25, 0.3) is 0 Å². The molecule has 1 heterocycles. The third-order valence-corrected chi connectivity index (χ3v) is 1.96. The average molecular weight is 264 g/mol. The highest BCUT2D eigenvalue weighted by atomic mass is 35.5. The van der Waals surface area contributed by atoms with Crippen LogP contribution in [0.2, 0.25) is 0 Å². The predicted molar refractivity (Wildman–Crippen MR) is 43.7 cm³/mol. The summed E-state index contributed by atoms with van der Waals surface area (Å²) in [6.07, 6.45) is -8.27. The van der Waals surface area contributed by atoms with Crippen LogP contribution in [0, 0.1) is 5.82 Å². The minimum absolute atomic E-state index is 0.0178. The molecule has 1 aromatic rings. The van der Waals surface area contributed by atoms with E-state index in [0.29, 0.717) is 0 Å². The van der Waals surface area contributed by atoms with Crippen LogP contribution in [0.4, 0.5) is 26.3 Å². The van der Waals surface area contributed by atoms with Gasteiger partial charge in [-0.1, -0.05) is 0 Å². The molecule has 0 aliphatic rings. The second-order valence-corrected chi connectivity index (χ2v) is 3.06. The molecular formula is C8H4ClF6N.